The summed E-state index contributed by atoms with van der Waals surface area (Å²) in [4.78, 5) is 10.8. The second-order valence-corrected chi connectivity index (χ2v) is 3.34. The molecule has 0 aliphatic rings. The number of aliphatic hydroxyl groups is 1. The molecule has 0 aromatic heterocycles. The predicted octanol–water partition coefficient (Wildman–Crippen LogP) is 0.813. The number of carboxylic acids is 1. The lowest BCUT2D eigenvalue weighted by Crippen LogP contribution is -2.16. The van der Waals surface area contributed by atoms with Gasteiger partial charge in [0, 0.05) is 5.56 Å². The lowest BCUT2D eigenvalue weighted by atomic mass is 10.00. The van der Waals surface area contributed by atoms with Crippen molar-refractivity contribution in [2.45, 2.75) is 13.0 Å². The molecule has 16 heavy (non-hydrogen) atoms. The molecule has 0 radical (unpaired) electrons. The number of benzene rings is 1. The fourth-order valence-electron chi connectivity index (χ4n) is 1.35. The van der Waals surface area contributed by atoms with E-state index in [0.29, 0.717) is 5.56 Å². The van der Waals surface area contributed by atoms with Crippen molar-refractivity contribution >= 4 is 18.4 Å². The molecule has 90 valence electrons. The second kappa shape index (κ2) is 5.69. The van der Waals surface area contributed by atoms with Crippen LogP contribution in [0.5, 0.6) is 5.75 Å². The van der Waals surface area contributed by atoms with Gasteiger partial charge < -0.3 is 21.1 Å². The summed E-state index contributed by atoms with van der Waals surface area (Å²) < 4.78 is 0. The van der Waals surface area contributed by atoms with Crippen LogP contribution in [0.2, 0.25) is 0 Å². The molecule has 6 heteroatoms. The molecule has 0 aliphatic heterocycles. The van der Waals surface area contributed by atoms with E-state index in [4.69, 9.17) is 15.9 Å². The van der Waals surface area contributed by atoms with Crippen molar-refractivity contribution in [2.24, 2.45) is 5.73 Å². The Morgan fingerprint density at radius 2 is 2.06 bits per heavy atom. The zero-order valence-electron chi connectivity index (χ0n) is 8.67. The van der Waals surface area contributed by atoms with Crippen molar-refractivity contribution in [3.63, 3.8) is 0 Å². The Labute approximate surface area is 98.9 Å². The number of hydrogen-bond donors (Lipinski definition) is 4. The molecule has 1 aromatic rings. The number of nitrogens with two attached hydrogens (primary N) is 1. The SMILES string of the molecule is Cc1cc(C(=O)O)c(O)c([C@@H](N)CO)c1.Cl. The summed E-state index contributed by atoms with van der Waals surface area (Å²) in [6.07, 6.45) is 0. The molecule has 5 nitrogen and oxygen atoms in total. The third-order valence-corrected chi connectivity index (χ3v) is 2.11. The molecule has 5 N–H and O–H groups in total. The second-order valence-electron chi connectivity index (χ2n) is 3.34. The average molecular weight is 248 g/mol. The molecule has 0 spiro atoms. The molecular formula is C10H14ClNO4. The molecule has 0 saturated carbocycles. The standard InChI is InChI=1S/C10H13NO4.ClH/c1-5-2-6(8(11)4-12)9(13)7(3-5)10(14)15;/h2-3,8,12-13H,4,11H2,1H3,(H,14,15);1H/t8-;/m0./s1. The Kier molecular flexibility index (Phi) is 5.23. The van der Waals surface area contributed by atoms with E-state index in [2.05, 4.69) is 0 Å². The molecule has 0 bridgehead atoms. The Morgan fingerprint density at radius 1 is 1.50 bits per heavy atom. The minimum absolute atomic E-state index is 0. The topological polar surface area (TPSA) is 104 Å². The van der Waals surface area contributed by atoms with Gasteiger partial charge in [0.1, 0.15) is 11.3 Å². The smallest absolute Gasteiger partial charge is 0.339 e. The minimum atomic E-state index is -1.22. The Bertz CT molecular complexity index is 395. The number of aromatic carboxylic acids is 1. The van der Waals surface area contributed by atoms with Gasteiger partial charge in [-0.3, -0.25) is 0 Å². The third-order valence-electron chi connectivity index (χ3n) is 2.11. The van der Waals surface area contributed by atoms with E-state index in [-0.39, 0.29) is 35.9 Å². The summed E-state index contributed by atoms with van der Waals surface area (Å²) >= 11 is 0. The number of hydrogen-bond acceptors (Lipinski definition) is 4. The zero-order chi connectivity index (χ0) is 11.6. The summed E-state index contributed by atoms with van der Waals surface area (Å²) in [5.74, 6) is -1.60. The quantitative estimate of drug-likeness (QED) is 0.633. The predicted molar refractivity (Wildman–Crippen MR) is 61.1 cm³/mol. The monoisotopic (exact) mass is 247 g/mol. The molecule has 0 fully saturated rings. The van der Waals surface area contributed by atoms with Crippen LogP contribution in [0.1, 0.15) is 27.5 Å². The van der Waals surface area contributed by atoms with Crippen LogP contribution in [0.4, 0.5) is 0 Å². The van der Waals surface area contributed by atoms with E-state index >= 15 is 0 Å². The van der Waals surface area contributed by atoms with Gasteiger partial charge in [-0.25, -0.2) is 4.79 Å². The van der Waals surface area contributed by atoms with Gasteiger partial charge in [-0.2, -0.15) is 0 Å². The first-order valence-electron chi connectivity index (χ1n) is 4.40. The lowest BCUT2D eigenvalue weighted by Gasteiger charge is -2.13. The van der Waals surface area contributed by atoms with Gasteiger partial charge in [-0.05, 0) is 18.6 Å². The summed E-state index contributed by atoms with van der Waals surface area (Å²) in [7, 11) is 0. The van der Waals surface area contributed by atoms with Gasteiger partial charge in [0.2, 0.25) is 0 Å². The number of aromatic hydroxyl groups is 1. The Hall–Kier alpha value is -1.30. The number of aryl methyl sites for hydroxylation is 1. The molecule has 0 aliphatic carbocycles. The van der Waals surface area contributed by atoms with Crippen molar-refractivity contribution < 1.29 is 20.1 Å². The highest BCUT2D eigenvalue weighted by atomic mass is 35.5. The Balaban J connectivity index is 0.00000225. The fraction of sp³-hybridized carbons (Fsp3) is 0.300. The van der Waals surface area contributed by atoms with Gasteiger partial charge in [-0.1, -0.05) is 6.07 Å². The van der Waals surface area contributed by atoms with Crippen molar-refractivity contribution in [1.29, 1.82) is 0 Å². The number of halogens is 1. The maximum Gasteiger partial charge on any atom is 0.339 e. The molecule has 0 heterocycles. The first kappa shape index (κ1) is 14.7. The molecular weight excluding hydrogens is 234 g/mol. The van der Waals surface area contributed by atoms with Crippen LogP contribution < -0.4 is 5.73 Å². The van der Waals surface area contributed by atoms with Crippen molar-refractivity contribution in [1.82, 2.24) is 0 Å². The van der Waals surface area contributed by atoms with E-state index in [9.17, 15) is 9.90 Å². The summed E-state index contributed by atoms with van der Waals surface area (Å²) in [5, 5.41) is 27.3. The normalized spacial score (nSPS) is 11.7. The highest BCUT2D eigenvalue weighted by molar-refractivity contribution is 5.91. The van der Waals surface area contributed by atoms with Crippen LogP contribution in [-0.4, -0.2) is 27.9 Å². The van der Waals surface area contributed by atoms with Crippen molar-refractivity contribution in [3.05, 3.63) is 28.8 Å². The maximum atomic E-state index is 10.8. The number of rotatable bonds is 3. The van der Waals surface area contributed by atoms with Gasteiger partial charge >= 0.3 is 5.97 Å². The highest BCUT2D eigenvalue weighted by Crippen LogP contribution is 2.28. The molecule has 1 atom stereocenters. The summed E-state index contributed by atoms with van der Waals surface area (Å²) in [6.45, 7) is 1.34. The zero-order valence-corrected chi connectivity index (χ0v) is 9.49. The number of aliphatic hydroxyl groups excluding tert-OH is 1. The Morgan fingerprint density at radius 3 is 2.50 bits per heavy atom. The van der Waals surface area contributed by atoms with Gasteiger partial charge in [0.15, 0.2) is 0 Å². The van der Waals surface area contributed by atoms with Crippen LogP contribution in [0.3, 0.4) is 0 Å². The van der Waals surface area contributed by atoms with Crippen molar-refractivity contribution in [2.75, 3.05) is 6.61 Å². The van der Waals surface area contributed by atoms with Gasteiger partial charge in [-0.15, -0.1) is 12.4 Å². The number of phenols is 1. The fourth-order valence-corrected chi connectivity index (χ4v) is 1.35. The molecule has 0 amide bonds. The molecule has 1 rings (SSSR count). The van der Waals surface area contributed by atoms with Crippen LogP contribution >= 0.6 is 12.4 Å². The van der Waals surface area contributed by atoms with Crippen LogP contribution in [0.25, 0.3) is 0 Å². The molecule has 0 unspecified atom stereocenters. The first-order valence-corrected chi connectivity index (χ1v) is 4.40. The van der Waals surface area contributed by atoms with Gasteiger partial charge in [0.05, 0.1) is 12.6 Å². The lowest BCUT2D eigenvalue weighted by molar-refractivity contribution is 0.0693. The largest absolute Gasteiger partial charge is 0.507 e. The van der Waals surface area contributed by atoms with E-state index in [1.54, 1.807) is 13.0 Å². The van der Waals surface area contributed by atoms with Crippen LogP contribution in [0.15, 0.2) is 12.1 Å². The molecule has 1 aromatic carbocycles. The number of carbonyl (C=O) groups is 1. The van der Waals surface area contributed by atoms with E-state index in [1.165, 1.54) is 6.07 Å². The average Bonchev–Trinajstić information content (AvgIpc) is 2.19. The van der Waals surface area contributed by atoms with Crippen molar-refractivity contribution in [3.8, 4) is 5.75 Å². The maximum absolute atomic E-state index is 10.8. The van der Waals surface area contributed by atoms with Gasteiger partial charge in [0.25, 0.3) is 0 Å². The van der Waals surface area contributed by atoms with E-state index in [1.807, 2.05) is 0 Å². The highest BCUT2D eigenvalue weighted by Gasteiger charge is 2.18. The first-order chi connectivity index (χ1) is 6.97. The van der Waals surface area contributed by atoms with E-state index in [0.717, 1.165) is 0 Å². The van der Waals surface area contributed by atoms with Crippen LogP contribution in [-0.2, 0) is 0 Å². The third kappa shape index (κ3) is 2.85. The van der Waals surface area contributed by atoms with Crippen LogP contribution in [0, 0.1) is 6.92 Å². The summed E-state index contributed by atoms with van der Waals surface area (Å²) in [5.41, 5.74) is 6.25. The summed E-state index contributed by atoms with van der Waals surface area (Å²) in [6, 6.07) is 2.14. The minimum Gasteiger partial charge on any atom is -0.507 e. The number of carboxylic acid groups (broad SMARTS) is 1. The molecule has 0 saturated heterocycles. The van der Waals surface area contributed by atoms with E-state index < -0.39 is 12.0 Å².